The number of aromatic nitrogens is 1. The van der Waals surface area contributed by atoms with E-state index >= 15 is 0 Å². The van der Waals surface area contributed by atoms with E-state index in [1.807, 2.05) is 0 Å². The number of pyridine rings is 1. The Kier molecular flexibility index (Phi) is 5.41. The molecule has 5 nitrogen and oxygen atoms in total. The first kappa shape index (κ1) is 18.2. The third kappa shape index (κ3) is 4.51. The van der Waals surface area contributed by atoms with Gasteiger partial charge < -0.3 is 15.4 Å². The van der Waals surface area contributed by atoms with Crippen molar-refractivity contribution in [2.45, 2.75) is 19.1 Å². The molecule has 26 heavy (non-hydrogen) atoms. The highest BCUT2D eigenvalue weighted by Crippen LogP contribution is 2.32. The lowest BCUT2D eigenvalue weighted by atomic mass is 10.1. The summed E-state index contributed by atoms with van der Waals surface area (Å²) in [6, 6.07) is 7.98. The molecule has 2 N–H and O–H groups in total. The summed E-state index contributed by atoms with van der Waals surface area (Å²) in [6.07, 6.45) is -2.18. The largest absolute Gasteiger partial charge is 0.439 e. The van der Waals surface area contributed by atoms with Crippen LogP contribution in [-0.2, 0) is 17.5 Å². The first-order valence-corrected chi connectivity index (χ1v) is 8.21. The summed E-state index contributed by atoms with van der Waals surface area (Å²) in [4.78, 5) is 16.2. The van der Waals surface area contributed by atoms with Crippen molar-refractivity contribution < 1.29 is 22.7 Å². The van der Waals surface area contributed by atoms with Crippen LogP contribution in [0.3, 0.4) is 0 Å². The predicted molar refractivity (Wildman–Crippen MR) is 88.6 cm³/mol. The number of alkyl halides is 3. The van der Waals surface area contributed by atoms with Gasteiger partial charge in [-0.1, -0.05) is 12.1 Å². The quantitative estimate of drug-likeness (QED) is 0.855. The molecule has 0 spiro atoms. The molecule has 2 heterocycles. The summed E-state index contributed by atoms with van der Waals surface area (Å²) in [6.45, 7) is 1.65. The van der Waals surface area contributed by atoms with Gasteiger partial charge in [-0.3, -0.25) is 4.79 Å². The molecule has 1 aromatic carbocycles. The van der Waals surface area contributed by atoms with Gasteiger partial charge in [-0.2, -0.15) is 13.2 Å². The Bertz CT molecular complexity index is 774. The number of nitrogens with zero attached hydrogens (tertiary/aromatic N) is 1. The molecule has 1 amide bonds. The van der Waals surface area contributed by atoms with Crippen molar-refractivity contribution in [3.8, 4) is 11.6 Å². The van der Waals surface area contributed by atoms with Crippen LogP contribution in [0.25, 0.3) is 0 Å². The van der Waals surface area contributed by atoms with Crippen molar-refractivity contribution >= 4 is 5.91 Å². The summed E-state index contributed by atoms with van der Waals surface area (Å²) in [5.74, 6) is 0.0612. The molecule has 0 bridgehead atoms. The minimum Gasteiger partial charge on any atom is -0.439 e. The van der Waals surface area contributed by atoms with E-state index in [0.29, 0.717) is 12.1 Å². The van der Waals surface area contributed by atoms with Crippen LogP contribution in [0.15, 0.2) is 42.6 Å². The second-order valence-electron chi connectivity index (χ2n) is 6.00. The Morgan fingerprint density at radius 3 is 2.88 bits per heavy atom. The van der Waals surface area contributed by atoms with Crippen LogP contribution in [0.4, 0.5) is 13.2 Å². The third-order valence-corrected chi connectivity index (χ3v) is 4.11. The van der Waals surface area contributed by atoms with Gasteiger partial charge >= 0.3 is 6.18 Å². The Hall–Kier alpha value is -2.61. The molecule has 138 valence electrons. The van der Waals surface area contributed by atoms with Gasteiger partial charge in [0.2, 0.25) is 11.8 Å². The van der Waals surface area contributed by atoms with Gasteiger partial charge in [-0.05, 0) is 37.2 Å². The van der Waals surface area contributed by atoms with Gasteiger partial charge in [0.25, 0.3) is 0 Å². The second-order valence-corrected chi connectivity index (χ2v) is 6.00. The van der Waals surface area contributed by atoms with Crippen LogP contribution in [0, 0.1) is 5.92 Å². The molecule has 1 fully saturated rings. The van der Waals surface area contributed by atoms with Crippen LogP contribution in [-0.4, -0.2) is 24.0 Å². The standard InChI is InChI=1S/C18H18F3N3O2/c19-18(20,21)14-4-1-5-15(9-14)26-17-13(3-2-7-23-17)11-24-16(25)12-6-8-22-10-12/h1-5,7,9,12,22H,6,8,10-11H2,(H,24,25)/t12-/m0/s1. The molecule has 1 aliphatic heterocycles. The highest BCUT2D eigenvalue weighted by molar-refractivity contribution is 5.79. The number of amides is 1. The lowest BCUT2D eigenvalue weighted by Gasteiger charge is -2.13. The van der Waals surface area contributed by atoms with Gasteiger partial charge in [-0.15, -0.1) is 0 Å². The third-order valence-electron chi connectivity index (χ3n) is 4.11. The van der Waals surface area contributed by atoms with Crippen molar-refractivity contribution in [1.82, 2.24) is 15.6 Å². The Labute approximate surface area is 148 Å². The summed E-state index contributed by atoms with van der Waals surface area (Å²) < 4.78 is 44.0. The number of rotatable bonds is 5. The van der Waals surface area contributed by atoms with E-state index in [-0.39, 0.29) is 30.0 Å². The van der Waals surface area contributed by atoms with Gasteiger partial charge in [0.05, 0.1) is 11.5 Å². The van der Waals surface area contributed by atoms with E-state index in [0.717, 1.165) is 25.1 Å². The van der Waals surface area contributed by atoms with Gasteiger partial charge in [0.15, 0.2) is 0 Å². The van der Waals surface area contributed by atoms with E-state index in [9.17, 15) is 18.0 Å². The molecule has 0 aliphatic carbocycles. The SMILES string of the molecule is O=C(NCc1cccnc1Oc1cccc(C(F)(F)F)c1)[C@H]1CCNC1. The van der Waals surface area contributed by atoms with E-state index in [2.05, 4.69) is 15.6 Å². The average Bonchev–Trinajstić information content (AvgIpc) is 3.15. The molecule has 1 saturated heterocycles. The number of carbonyl (C=O) groups is 1. The van der Waals surface area contributed by atoms with Crippen molar-refractivity contribution in [3.63, 3.8) is 0 Å². The normalized spacial score (nSPS) is 17.1. The summed E-state index contributed by atoms with van der Waals surface area (Å²) >= 11 is 0. The van der Waals surface area contributed by atoms with Gasteiger partial charge in [0, 0.05) is 24.8 Å². The fourth-order valence-electron chi connectivity index (χ4n) is 2.70. The average molecular weight is 365 g/mol. The van der Waals surface area contributed by atoms with Crippen molar-refractivity contribution in [2.24, 2.45) is 5.92 Å². The lowest BCUT2D eigenvalue weighted by Crippen LogP contribution is -2.31. The van der Waals surface area contributed by atoms with Crippen molar-refractivity contribution in [3.05, 3.63) is 53.7 Å². The zero-order chi connectivity index (χ0) is 18.6. The summed E-state index contributed by atoms with van der Waals surface area (Å²) in [5, 5.41) is 5.95. The number of nitrogens with one attached hydrogen (secondary N) is 2. The minimum absolute atomic E-state index is 0.0334. The molecule has 8 heteroatoms. The molecule has 2 aromatic rings. The molecule has 3 rings (SSSR count). The van der Waals surface area contributed by atoms with Gasteiger partial charge in [-0.25, -0.2) is 4.98 Å². The number of halogens is 3. The smallest absolute Gasteiger partial charge is 0.416 e. The number of hydrogen-bond acceptors (Lipinski definition) is 4. The number of hydrogen-bond donors (Lipinski definition) is 2. The Balaban J connectivity index is 1.70. The van der Waals surface area contributed by atoms with Crippen LogP contribution in [0.5, 0.6) is 11.6 Å². The Morgan fingerprint density at radius 1 is 1.31 bits per heavy atom. The van der Waals surface area contributed by atoms with E-state index in [4.69, 9.17) is 4.74 Å². The van der Waals surface area contributed by atoms with Crippen LogP contribution in [0.2, 0.25) is 0 Å². The molecule has 1 atom stereocenters. The minimum atomic E-state index is -4.45. The van der Waals surface area contributed by atoms with Crippen LogP contribution in [0.1, 0.15) is 17.5 Å². The summed E-state index contributed by atoms with van der Waals surface area (Å²) in [5.41, 5.74) is -0.210. The zero-order valence-electron chi connectivity index (χ0n) is 13.8. The number of ether oxygens (including phenoxy) is 1. The Morgan fingerprint density at radius 2 is 2.15 bits per heavy atom. The van der Waals surface area contributed by atoms with Crippen LogP contribution >= 0.6 is 0 Å². The van der Waals surface area contributed by atoms with Crippen LogP contribution < -0.4 is 15.4 Å². The van der Waals surface area contributed by atoms with Gasteiger partial charge in [0.1, 0.15) is 5.75 Å². The highest BCUT2D eigenvalue weighted by Gasteiger charge is 2.30. The lowest BCUT2D eigenvalue weighted by molar-refractivity contribution is -0.137. The van der Waals surface area contributed by atoms with Crippen molar-refractivity contribution in [2.75, 3.05) is 13.1 Å². The number of carbonyl (C=O) groups excluding carboxylic acids is 1. The maximum atomic E-state index is 12.8. The fraction of sp³-hybridized carbons (Fsp3) is 0.333. The molecule has 0 radical (unpaired) electrons. The topological polar surface area (TPSA) is 63.2 Å². The number of benzene rings is 1. The highest BCUT2D eigenvalue weighted by atomic mass is 19.4. The molecular weight excluding hydrogens is 347 g/mol. The predicted octanol–water partition coefficient (Wildman–Crippen LogP) is 3.12. The first-order valence-electron chi connectivity index (χ1n) is 8.21. The van der Waals surface area contributed by atoms with E-state index < -0.39 is 11.7 Å². The second kappa shape index (κ2) is 7.74. The maximum absolute atomic E-state index is 12.8. The monoisotopic (exact) mass is 365 g/mol. The zero-order valence-corrected chi connectivity index (χ0v) is 13.8. The molecule has 0 saturated carbocycles. The van der Waals surface area contributed by atoms with Crippen molar-refractivity contribution in [1.29, 1.82) is 0 Å². The molecule has 0 unspecified atom stereocenters. The summed E-state index contributed by atoms with van der Waals surface area (Å²) in [7, 11) is 0. The van der Waals surface area contributed by atoms with E-state index in [1.54, 1.807) is 12.1 Å². The molecular formula is C18H18F3N3O2. The maximum Gasteiger partial charge on any atom is 0.416 e. The fourth-order valence-corrected chi connectivity index (χ4v) is 2.70. The first-order chi connectivity index (χ1) is 12.4. The molecule has 1 aromatic heterocycles. The van der Waals surface area contributed by atoms with E-state index in [1.165, 1.54) is 18.3 Å². The molecule has 1 aliphatic rings.